The quantitative estimate of drug-likeness (QED) is 0.729. The SMILES string of the molecule is Cn1c(=O)oc2cc(NC(=O)N[C@@H]3CCCN(c4cnccn4)C3)ccc21. The van der Waals surface area contributed by atoms with Crippen LogP contribution in [0.1, 0.15) is 12.8 Å². The molecule has 9 nitrogen and oxygen atoms in total. The Balaban J connectivity index is 1.39. The van der Waals surface area contributed by atoms with Gasteiger partial charge in [0.05, 0.1) is 11.7 Å². The molecule has 0 bridgehead atoms. The first-order valence-corrected chi connectivity index (χ1v) is 8.78. The summed E-state index contributed by atoms with van der Waals surface area (Å²) in [5.41, 5.74) is 1.68. The average molecular weight is 368 g/mol. The lowest BCUT2D eigenvalue weighted by Gasteiger charge is -2.33. The Morgan fingerprint density at radius 2 is 2.22 bits per heavy atom. The molecule has 1 aliphatic rings. The molecule has 9 heteroatoms. The number of rotatable bonds is 3. The van der Waals surface area contributed by atoms with Gasteiger partial charge in [-0.1, -0.05) is 0 Å². The summed E-state index contributed by atoms with van der Waals surface area (Å²) in [6.07, 6.45) is 6.89. The maximum atomic E-state index is 12.4. The van der Waals surface area contributed by atoms with Crippen molar-refractivity contribution in [3.05, 3.63) is 47.3 Å². The van der Waals surface area contributed by atoms with Crippen molar-refractivity contribution < 1.29 is 9.21 Å². The zero-order valence-corrected chi connectivity index (χ0v) is 14.9. The van der Waals surface area contributed by atoms with Crippen LogP contribution in [-0.2, 0) is 7.05 Å². The monoisotopic (exact) mass is 368 g/mol. The molecule has 1 saturated heterocycles. The van der Waals surface area contributed by atoms with Crippen LogP contribution in [0.4, 0.5) is 16.3 Å². The van der Waals surface area contributed by atoms with Gasteiger partial charge in [0, 0.05) is 50.3 Å². The fourth-order valence-corrected chi connectivity index (χ4v) is 3.32. The number of amides is 2. The number of carbonyl (C=O) groups is 1. The number of aromatic nitrogens is 3. The van der Waals surface area contributed by atoms with Crippen LogP contribution >= 0.6 is 0 Å². The summed E-state index contributed by atoms with van der Waals surface area (Å²) in [5, 5.41) is 5.79. The van der Waals surface area contributed by atoms with Gasteiger partial charge in [0.1, 0.15) is 5.82 Å². The molecule has 1 atom stereocenters. The molecule has 0 unspecified atom stereocenters. The first-order valence-electron chi connectivity index (χ1n) is 8.78. The normalized spacial score (nSPS) is 17.1. The molecule has 27 heavy (non-hydrogen) atoms. The third-order valence-corrected chi connectivity index (χ3v) is 4.68. The van der Waals surface area contributed by atoms with E-state index >= 15 is 0 Å². The van der Waals surface area contributed by atoms with Crippen LogP contribution < -0.4 is 21.3 Å². The minimum absolute atomic E-state index is 0.0131. The number of anilines is 2. The summed E-state index contributed by atoms with van der Waals surface area (Å²) in [6.45, 7) is 1.57. The van der Waals surface area contributed by atoms with E-state index in [1.165, 1.54) is 4.57 Å². The van der Waals surface area contributed by atoms with Gasteiger partial charge in [-0.2, -0.15) is 0 Å². The van der Waals surface area contributed by atoms with Crippen LogP contribution in [0.15, 0.2) is 46.0 Å². The number of benzene rings is 1. The van der Waals surface area contributed by atoms with Gasteiger partial charge < -0.3 is 20.0 Å². The van der Waals surface area contributed by atoms with Crippen LogP contribution in [-0.4, -0.2) is 39.7 Å². The number of carbonyl (C=O) groups excluding carboxylic acids is 1. The van der Waals surface area contributed by atoms with Crippen molar-refractivity contribution >= 4 is 28.6 Å². The lowest BCUT2D eigenvalue weighted by Crippen LogP contribution is -2.49. The lowest BCUT2D eigenvalue weighted by atomic mass is 10.1. The molecule has 3 heterocycles. The summed E-state index contributed by atoms with van der Waals surface area (Å²) in [6, 6.07) is 4.84. The predicted octanol–water partition coefficient (Wildman–Crippen LogP) is 1.71. The molecule has 2 amide bonds. The Hall–Kier alpha value is -3.36. The number of hydrogen-bond acceptors (Lipinski definition) is 6. The van der Waals surface area contributed by atoms with Gasteiger partial charge in [0.15, 0.2) is 5.58 Å². The number of nitrogens with zero attached hydrogens (tertiary/aromatic N) is 4. The number of oxazole rings is 1. The standard InChI is InChI=1S/C18H20N6O3/c1-23-14-5-4-12(9-15(14)27-18(23)26)21-17(25)22-13-3-2-8-24(11-13)16-10-19-6-7-20-16/h4-7,9-10,13H,2-3,8,11H2,1H3,(H2,21,22,25)/t13-/m1/s1. The molecule has 3 aromatic rings. The number of fused-ring (bicyclic) bond motifs is 1. The van der Waals surface area contributed by atoms with Crippen LogP contribution in [0.5, 0.6) is 0 Å². The van der Waals surface area contributed by atoms with Crippen LogP contribution in [0.3, 0.4) is 0 Å². The maximum absolute atomic E-state index is 12.4. The van der Waals surface area contributed by atoms with E-state index in [0.29, 0.717) is 23.3 Å². The molecule has 0 saturated carbocycles. The van der Waals surface area contributed by atoms with Crippen molar-refractivity contribution in [1.82, 2.24) is 19.9 Å². The Morgan fingerprint density at radius 1 is 1.33 bits per heavy atom. The molecule has 1 aliphatic heterocycles. The number of nitrogens with one attached hydrogen (secondary N) is 2. The minimum Gasteiger partial charge on any atom is -0.408 e. The van der Waals surface area contributed by atoms with Gasteiger partial charge >= 0.3 is 11.8 Å². The predicted molar refractivity (Wildman–Crippen MR) is 101 cm³/mol. The number of urea groups is 1. The summed E-state index contributed by atoms with van der Waals surface area (Å²) >= 11 is 0. The Bertz CT molecular complexity index is 1010. The first kappa shape index (κ1) is 17.1. The van der Waals surface area contributed by atoms with E-state index in [4.69, 9.17) is 4.42 Å². The summed E-state index contributed by atoms with van der Waals surface area (Å²) in [4.78, 5) is 34.5. The van der Waals surface area contributed by atoms with E-state index in [1.807, 2.05) is 0 Å². The van der Waals surface area contributed by atoms with Gasteiger partial charge in [-0.15, -0.1) is 0 Å². The summed E-state index contributed by atoms with van der Waals surface area (Å²) in [5.74, 6) is 0.381. The van der Waals surface area contributed by atoms with Crippen molar-refractivity contribution in [2.75, 3.05) is 23.3 Å². The second-order valence-electron chi connectivity index (χ2n) is 6.56. The zero-order valence-electron chi connectivity index (χ0n) is 14.9. The van der Waals surface area contributed by atoms with Crippen molar-refractivity contribution in [1.29, 1.82) is 0 Å². The maximum Gasteiger partial charge on any atom is 0.419 e. The van der Waals surface area contributed by atoms with E-state index in [0.717, 1.165) is 25.2 Å². The lowest BCUT2D eigenvalue weighted by molar-refractivity contribution is 0.246. The van der Waals surface area contributed by atoms with Crippen molar-refractivity contribution in [2.45, 2.75) is 18.9 Å². The Labute approximate surface area is 155 Å². The van der Waals surface area contributed by atoms with E-state index in [-0.39, 0.29) is 12.1 Å². The number of hydrogen-bond donors (Lipinski definition) is 2. The third-order valence-electron chi connectivity index (χ3n) is 4.68. The highest BCUT2D eigenvalue weighted by molar-refractivity contribution is 5.91. The topological polar surface area (TPSA) is 105 Å². The third kappa shape index (κ3) is 3.62. The van der Waals surface area contributed by atoms with Crippen LogP contribution in [0.2, 0.25) is 0 Å². The summed E-state index contributed by atoms with van der Waals surface area (Å²) in [7, 11) is 1.64. The Kier molecular flexibility index (Phi) is 4.49. The highest BCUT2D eigenvalue weighted by Gasteiger charge is 2.22. The van der Waals surface area contributed by atoms with Gasteiger partial charge in [0.25, 0.3) is 0 Å². The smallest absolute Gasteiger partial charge is 0.408 e. The zero-order chi connectivity index (χ0) is 18.8. The molecule has 0 spiro atoms. The van der Waals surface area contributed by atoms with Gasteiger partial charge in [-0.25, -0.2) is 14.6 Å². The fourth-order valence-electron chi connectivity index (χ4n) is 3.32. The van der Waals surface area contributed by atoms with E-state index < -0.39 is 5.76 Å². The van der Waals surface area contributed by atoms with Crippen LogP contribution in [0.25, 0.3) is 11.1 Å². The Morgan fingerprint density at radius 3 is 3.04 bits per heavy atom. The molecule has 1 aromatic carbocycles. The molecule has 0 radical (unpaired) electrons. The van der Waals surface area contributed by atoms with Gasteiger partial charge in [-0.05, 0) is 25.0 Å². The largest absolute Gasteiger partial charge is 0.419 e. The highest BCUT2D eigenvalue weighted by Crippen LogP contribution is 2.19. The fraction of sp³-hybridized carbons (Fsp3) is 0.333. The second kappa shape index (κ2) is 7.10. The first-order chi connectivity index (χ1) is 13.1. The molecule has 1 fully saturated rings. The number of aryl methyl sites for hydroxylation is 1. The summed E-state index contributed by atoms with van der Waals surface area (Å²) < 4.78 is 6.57. The van der Waals surface area contributed by atoms with Crippen molar-refractivity contribution in [3.63, 3.8) is 0 Å². The molecule has 2 N–H and O–H groups in total. The average Bonchev–Trinajstić information content (AvgIpc) is 2.96. The van der Waals surface area contributed by atoms with E-state index in [2.05, 4.69) is 25.5 Å². The molecule has 140 valence electrons. The van der Waals surface area contributed by atoms with Gasteiger partial charge in [-0.3, -0.25) is 9.55 Å². The van der Waals surface area contributed by atoms with Crippen molar-refractivity contribution in [2.24, 2.45) is 7.05 Å². The molecule has 4 rings (SSSR count). The van der Waals surface area contributed by atoms with Gasteiger partial charge in [0.2, 0.25) is 0 Å². The molecule has 2 aromatic heterocycles. The van der Waals surface area contributed by atoms with E-state index in [1.54, 1.807) is 43.8 Å². The highest BCUT2D eigenvalue weighted by atomic mass is 16.4. The van der Waals surface area contributed by atoms with E-state index in [9.17, 15) is 9.59 Å². The minimum atomic E-state index is -0.432. The molecular weight excluding hydrogens is 348 g/mol. The second-order valence-corrected chi connectivity index (χ2v) is 6.56. The molecular formula is C18H20N6O3. The number of piperidine rings is 1. The molecule has 0 aliphatic carbocycles. The van der Waals surface area contributed by atoms with Crippen LogP contribution in [0, 0.1) is 0 Å². The van der Waals surface area contributed by atoms with Crippen molar-refractivity contribution in [3.8, 4) is 0 Å².